The quantitative estimate of drug-likeness (QED) is 0.398. The maximum absolute atomic E-state index is 8.97. The van der Waals surface area contributed by atoms with E-state index in [-0.39, 0.29) is 5.75 Å². The van der Waals surface area contributed by atoms with E-state index in [1.165, 1.54) is 0 Å². The monoisotopic (exact) mass is 165 g/mol. The van der Waals surface area contributed by atoms with Crippen LogP contribution in [0.25, 0.3) is 0 Å². The summed E-state index contributed by atoms with van der Waals surface area (Å²) >= 11 is 0. The first-order valence-corrected chi connectivity index (χ1v) is 3.68. The molecular weight excluding hydrogens is 154 g/mol. The van der Waals surface area contributed by atoms with Crippen molar-refractivity contribution in [2.24, 2.45) is 5.16 Å². The Labute approximate surface area is 71.0 Å². The molecule has 1 rings (SSSR count). The zero-order chi connectivity index (χ0) is 8.97. The summed E-state index contributed by atoms with van der Waals surface area (Å²) in [6.07, 6.45) is 0.608. The minimum Gasteiger partial charge on any atom is -0.508 e. The lowest BCUT2D eigenvalue weighted by Gasteiger charge is -1.98. The van der Waals surface area contributed by atoms with E-state index in [9.17, 15) is 0 Å². The average molecular weight is 165 g/mol. The molecule has 0 saturated heterocycles. The molecule has 0 fully saturated rings. The number of nitrogens with zero attached hydrogens (tertiary/aromatic N) is 1. The Kier molecular flexibility index (Phi) is 2.69. The number of hydrogen-bond donors (Lipinski definition) is 2. The highest BCUT2D eigenvalue weighted by Crippen LogP contribution is 2.10. The van der Waals surface area contributed by atoms with Gasteiger partial charge in [0.25, 0.3) is 0 Å². The fourth-order valence-electron chi connectivity index (χ4n) is 0.945. The van der Waals surface area contributed by atoms with Crippen molar-refractivity contribution in [3.63, 3.8) is 0 Å². The van der Waals surface area contributed by atoms with Gasteiger partial charge in [-0.25, -0.2) is 0 Å². The molecule has 0 spiro atoms. The maximum atomic E-state index is 8.97. The molecule has 1 aromatic carbocycles. The van der Waals surface area contributed by atoms with Crippen LogP contribution in [0.4, 0.5) is 0 Å². The van der Waals surface area contributed by atoms with Crippen molar-refractivity contribution < 1.29 is 10.3 Å². The van der Waals surface area contributed by atoms with E-state index in [1.807, 2.05) is 0 Å². The van der Waals surface area contributed by atoms with Gasteiger partial charge in [0.05, 0.1) is 5.71 Å². The second-order valence-corrected chi connectivity index (χ2v) is 2.68. The molecule has 3 nitrogen and oxygen atoms in total. The summed E-state index contributed by atoms with van der Waals surface area (Å²) in [5, 5.41) is 20.4. The summed E-state index contributed by atoms with van der Waals surface area (Å²) in [5.41, 5.74) is 1.67. The number of benzene rings is 1. The third kappa shape index (κ3) is 2.27. The van der Waals surface area contributed by atoms with E-state index >= 15 is 0 Å². The van der Waals surface area contributed by atoms with Crippen molar-refractivity contribution in [1.82, 2.24) is 0 Å². The second-order valence-electron chi connectivity index (χ2n) is 2.68. The highest BCUT2D eigenvalue weighted by molar-refractivity contribution is 5.83. The summed E-state index contributed by atoms with van der Waals surface area (Å²) in [7, 11) is 0. The molecule has 2 N–H and O–H groups in total. The van der Waals surface area contributed by atoms with Gasteiger partial charge in [0, 0.05) is 6.42 Å². The van der Waals surface area contributed by atoms with E-state index in [0.29, 0.717) is 12.1 Å². The van der Waals surface area contributed by atoms with Gasteiger partial charge >= 0.3 is 0 Å². The van der Waals surface area contributed by atoms with Gasteiger partial charge in [0.1, 0.15) is 5.75 Å². The summed E-state index contributed by atoms with van der Waals surface area (Å²) in [6.45, 7) is 1.74. The molecule has 3 heteroatoms. The summed E-state index contributed by atoms with van der Waals surface area (Å²) in [6, 6.07) is 6.81. The molecule has 12 heavy (non-hydrogen) atoms. The molecule has 1 aromatic rings. The predicted octanol–water partition coefficient (Wildman–Crippen LogP) is 1.78. The highest BCUT2D eigenvalue weighted by atomic mass is 16.4. The molecule has 0 amide bonds. The summed E-state index contributed by atoms with van der Waals surface area (Å²) in [5.74, 6) is 0.248. The average Bonchev–Trinajstić information content (AvgIpc) is 2.09. The van der Waals surface area contributed by atoms with Gasteiger partial charge in [0.15, 0.2) is 0 Å². The first-order valence-electron chi connectivity index (χ1n) is 3.68. The van der Waals surface area contributed by atoms with Crippen molar-refractivity contribution in [2.75, 3.05) is 0 Å². The van der Waals surface area contributed by atoms with Crippen LogP contribution in [0.1, 0.15) is 12.5 Å². The van der Waals surface area contributed by atoms with Crippen LogP contribution in [0.2, 0.25) is 0 Å². The second kappa shape index (κ2) is 3.76. The molecule has 0 aromatic heterocycles. The molecule has 0 aliphatic heterocycles. The first kappa shape index (κ1) is 8.59. The third-order valence-electron chi connectivity index (χ3n) is 1.57. The van der Waals surface area contributed by atoms with Crippen molar-refractivity contribution in [3.8, 4) is 5.75 Å². The molecule has 64 valence electrons. The minimum absolute atomic E-state index is 0.248. The zero-order valence-electron chi connectivity index (χ0n) is 6.86. The molecule has 0 radical (unpaired) electrons. The lowest BCUT2D eigenvalue weighted by Crippen LogP contribution is -1.96. The van der Waals surface area contributed by atoms with Crippen molar-refractivity contribution in [2.45, 2.75) is 13.3 Å². The largest absolute Gasteiger partial charge is 0.508 e. The smallest absolute Gasteiger partial charge is 0.115 e. The molecular formula is C9H11NO2. The lowest BCUT2D eigenvalue weighted by molar-refractivity contribution is 0.317. The number of oxime groups is 1. The Morgan fingerprint density at radius 1 is 1.33 bits per heavy atom. The van der Waals surface area contributed by atoms with Crippen LogP contribution < -0.4 is 0 Å². The molecule has 0 aliphatic carbocycles. The van der Waals surface area contributed by atoms with E-state index in [2.05, 4.69) is 5.16 Å². The van der Waals surface area contributed by atoms with Gasteiger partial charge in [-0.1, -0.05) is 17.3 Å². The number of phenols is 1. The molecule has 0 aliphatic rings. The van der Waals surface area contributed by atoms with Gasteiger partial charge in [-0.15, -0.1) is 0 Å². The fourth-order valence-corrected chi connectivity index (χ4v) is 0.945. The van der Waals surface area contributed by atoms with E-state index in [4.69, 9.17) is 10.3 Å². The van der Waals surface area contributed by atoms with Crippen molar-refractivity contribution in [1.29, 1.82) is 0 Å². The van der Waals surface area contributed by atoms with Gasteiger partial charge in [-0.05, 0) is 24.6 Å². The highest BCUT2D eigenvalue weighted by Gasteiger charge is 1.95. The molecule has 0 heterocycles. The van der Waals surface area contributed by atoms with Crippen LogP contribution in [0.5, 0.6) is 5.75 Å². The normalized spacial score (nSPS) is 11.6. The van der Waals surface area contributed by atoms with Gasteiger partial charge < -0.3 is 10.3 Å². The van der Waals surface area contributed by atoms with Gasteiger partial charge in [-0.2, -0.15) is 0 Å². The number of phenolic OH excluding ortho intramolecular Hbond substituents is 1. The molecule has 0 atom stereocenters. The minimum atomic E-state index is 0.248. The van der Waals surface area contributed by atoms with Crippen LogP contribution in [0.15, 0.2) is 29.4 Å². The Bertz CT molecular complexity index is 277. The van der Waals surface area contributed by atoms with Crippen LogP contribution >= 0.6 is 0 Å². The SMILES string of the molecule is C/C(Cc1ccc(O)cc1)=N/O. The Morgan fingerprint density at radius 2 is 1.92 bits per heavy atom. The standard InChI is InChI=1S/C9H11NO2/c1-7(10-12)6-8-2-4-9(11)5-3-8/h2-5,11-12H,6H2,1H3/b10-7-. The number of rotatable bonds is 2. The van der Waals surface area contributed by atoms with Crippen LogP contribution in [-0.4, -0.2) is 16.0 Å². The van der Waals surface area contributed by atoms with Crippen LogP contribution in [0, 0.1) is 0 Å². The number of aromatic hydroxyl groups is 1. The molecule has 0 saturated carbocycles. The van der Waals surface area contributed by atoms with Gasteiger partial charge in [0.2, 0.25) is 0 Å². The lowest BCUT2D eigenvalue weighted by atomic mass is 10.1. The van der Waals surface area contributed by atoms with Crippen molar-refractivity contribution >= 4 is 5.71 Å². The van der Waals surface area contributed by atoms with Crippen molar-refractivity contribution in [3.05, 3.63) is 29.8 Å². The Hall–Kier alpha value is -1.51. The topological polar surface area (TPSA) is 52.8 Å². The Morgan fingerprint density at radius 3 is 2.42 bits per heavy atom. The van der Waals surface area contributed by atoms with Crippen LogP contribution in [-0.2, 0) is 6.42 Å². The van der Waals surface area contributed by atoms with Crippen LogP contribution in [0.3, 0.4) is 0 Å². The molecule has 0 bridgehead atoms. The van der Waals surface area contributed by atoms with E-state index < -0.39 is 0 Å². The number of hydrogen-bond acceptors (Lipinski definition) is 3. The fraction of sp³-hybridized carbons (Fsp3) is 0.222. The van der Waals surface area contributed by atoms with E-state index in [0.717, 1.165) is 5.56 Å². The van der Waals surface area contributed by atoms with E-state index in [1.54, 1.807) is 31.2 Å². The Balaban J connectivity index is 2.71. The third-order valence-corrected chi connectivity index (χ3v) is 1.57. The first-order chi connectivity index (χ1) is 5.72. The predicted molar refractivity (Wildman–Crippen MR) is 46.7 cm³/mol. The zero-order valence-corrected chi connectivity index (χ0v) is 6.86. The summed E-state index contributed by atoms with van der Waals surface area (Å²) < 4.78 is 0. The molecule has 0 unspecified atom stereocenters. The maximum Gasteiger partial charge on any atom is 0.115 e. The summed E-state index contributed by atoms with van der Waals surface area (Å²) in [4.78, 5) is 0. The van der Waals surface area contributed by atoms with Gasteiger partial charge in [-0.3, -0.25) is 0 Å².